The lowest BCUT2D eigenvalue weighted by molar-refractivity contribution is 0.211. The fraction of sp³-hybridized carbons (Fsp3) is 0.182. The first-order valence-electron chi connectivity index (χ1n) is 4.51. The van der Waals surface area contributed by atoms with Gasteiger partial charge in [0.25, 0.3) is 0 Å². The summed E-state index contributed by atoms with van der Waals surface area (Å²) < 4.78 is 0. The zero-order chi connectivity index (χ0) is 9.97. The average Bonchev–Trinajstić information content (AvgIpc) is 2.69. The van der Waals surface area contributed by atoms with E-state index in [-0.39, 0.29) is 0 Å². The number of nitrogens with one attached hydrogen (secondary N) is 1. The van der Waals surface area contributed by atoms with Crippen molar-refractivity contribution in [1.29, 1.82) is 0 Å². The predicted molar refractivity (Wildman–Crippen MR) is 53.8 cm³/mol. The molecule has 2 N–H and O–H groups in total. The van der Waals surface area contributed by atoms with Crippen LogP contribution in [0.5, 0.6) is 0 Å². The fourth-order valence-electron chi connectivity index (χ4n) is 1.43. The third kappa shape index (κ3) is 1.67. The largest absolute Gasteiger partial charge is 0.380 e. The van der Waals surface area contributed by atoms with E-state index in [0.717, 1.165) is 11.1 Å². The predicted octanol–water partition coefficient (Wildman–Crippen LogP) is 1.80. The number of hydrogen-bond acceptors (Lipinski definition) is 2. The number of benzene rings is 1. The van der Waals surface area contributed by atoms with Crippen molar-refractivity contribution in [2.24, 2.45) is 0 Å². The SMILES string of the molecule is Cc1cccc(C(O)c2ncc[nH]2)c1. The first-order chi connectivity index (χ1) is 6.77. The average molecular weight is 188 g/mol. The standard InChI is InChI=1S/C11H12N2O/c1-8-3-2-4-9(7-8)10(14)11-12-5-6-13-11/h2-7,10,14H,1H3,(H,12,13). The van der Waals surface area contributed by atoms with Gasteiger partial charge in [0.1, 0.15) is 11.9 Å². The van der Waals surface area contributed by atoms with Crippen molar-refractivity contribution in [3.63, 3.8) is 0 Å². The maximum atomic E-state index is 9.91. The van der Waals surface area contributed by atoms with Crippen LogP contribution >= 0.6 is 0 Å². The number of aliphatic hydroxyl groups excluding tert-OH is 1. The van der Waals surface area contributed by atoms with Gasteiger partial charge in [-0.3, -0.25) is 0 Å². The van der Waals surface area contributed by atoms with Crippen molar-refractivity contribution < 1.29 is 5.11 Å². The molecule has 2 rings (SSSR count). The van der Waals surface area contributed by atoms with E-state index in [1.54, 1.807) is 12.4 Å². The van der Waals surface area contributed by atoms with Gasteiger partial charge in [-0.15, -0.1) is 0 Å². The molecule has 0 bridgehead atoms. The van der Waals surface area contributed by atoms with Crippen molar-refractivity contribution in [3.05, 3.63) is 53.6 Å². The zero-order valence-electron chi connectivity index (χ0n) is 7.94. The summed E-state index contributed by atoms with van der Waals surface area (Å²) in [6.07, 6.45) is 2.67. The van der Waals surface area contributed by atoms with Gasteiger partial charge in [0.2, 0.25) is 0 Å². The minimum atomic E-state index is -0.662. The lowest BCUT2D eigenvalue weighted by atomic mass is 10.1. The number of H-pyrrole nitrogens is 1. The Morgan fingerprint density at radius 3 is 2.93 bits per heavy atom. The first kappa shape index (κ1) is 8.97. The number of imidazole rings is 1. The molecule has 1 atom stereocenters. The van der Waals surface area contributed by atoms with Crippen molar-refractivity contribution in [2.75, 3.05) is 0 Å². The van der Waals surface area contributed by atoms with Crippen molar-refractivity contribution in [2.45, 2.75) is 13.0 Å². The molecule has 0 amide bonds. The summed E-state index contributed by atoms with van der Waals surface area (Å²) in [5.41, 5.74) is 1.99. The van der Waals surface area contributed by atoms with Crippen LogP contribution in [0.3, 0.4) is 0 Å². The van der Waals surface area contributed by atoms with Crippen LogP contribution in [0, 0.1) is 6.92 Å². The highest BCUT2D eigenvalue weighted by Gasteiger charge is 2.11. The van der Waals surface area contributed by atoms with Crippen molar-refractivity contribution in [3.8, 4) is 0 Å². The van der Waals surface area contributed by atoms with Gasteiger partial charge in [0, 0.05) is 12.4 Å². The van der Waals surface area contributed by atoms with Crippen LogP contribution < -0.4 is 0 Å². The van der Waals surface area contributed by atoms with E-state index in [2.05, 4.69) is 9.97 Å². The maximum absolute atomic E-state index is 9.91. The van der Waals surface area contributed by atoms with Gasteiger partial charge in [-0.05, 0) is 12.5 Å². The number of aryl methyl sites for hydroxylation is 1. The molecule has 2 aromatic rings. The summed E-state index contributed by atoms with van der Waals surface area (Å²) in [4.78, 5) is 6.91. The Hall–Kier alpha value is -1.61. The molecular weight excluding hydrogens is 176 g/mol. The van der Waals surface area contributed by atoms with Crippen LogP contribution in [0.1, 0.15) is 23.1 Å². The van der Waals surface area contributed by atoms with Crippen LogP contribution in [-0.2, 0) is 0 Å². The Labute approximate surface area is 82.4 Å². The van der Waals surface area contributed by atoms with E-state index >= 15 is 0 Å². The van der Waals surface area contributed by atoms with Gasteiger partial charge >= 0.3 is 0 Å². The normalized spacial score (nSPS) is 12.7. The van der Waals surface area contributed by atoms with Crippen molar-refractivity contribution in [1.82, 2.24) is 9.97 Å². The van der Waals surface area contributed by atoms with Gasteiger partial charge in [0.15, 0.2) is 0 Å². The topological polar surface area (TPSA) is 48.9 Å². The summed E-state index contributed by atoms with van der Waals surface area (Å²) in [5.74, 6) is 0.579. The summed E-state index contributed by atoms with van der Waals surface area (Å²) in [6.45, 7) is 2.00. The quantitative estimate of drug-likeness (QED) is 0.755. The molecule has 1 aromatic heterocycles. The molecule has 3 nitrogen and oxygen atoms in total. The minimum Gasteiger partial charge on any atom is -0.380 e. The van der Waals surface area contributed by atoms with Crippen LogP contribution in [-0.4, -0.2) is 15.1 Å². The van der Waals surface area contributed by atoms with Gasteiger partial charge in [-0.1, -0.05) is 29.8 Å². The van der Waals surface area contributed by atoms with Crippen LogP contribution in [0.15, 0.2) is 36.7 Å². The number of aromatic amines is 1. The third-order valence-electron chi connectivity index (χ3n) is 2.14. The summed E-state index contributed by atoms with van der Waals surface area (Å²) in [7, 11) is 0. The molecular formula is C11H12N2O. The lowest BCUT2D eigenvalue weighted by Crippen LogP contribution is -2.01. The van der Waals surface area contributed by atoms with E-state index in [0.29, 0.717) is 5.82 Å². The Morgan fingerprint density at radius 1 is 1.43 bits per heavy atom. The molecule has 0 aliphatic carbocycles. The van der Waals surface area contributed by atoms with Gasteiger partial charge in [-0.2, -0.15) is 0 Å². The second-order valence-corrected chi connectivity index (χ2v) is 3.29. The van der Waals surface area contributed by atoms with Crippen LogP contribution in [0.4, 0.5) is 0 Å². The highest BCUT2D eigenvalue weighted by Crippen LogP contribution is 2.18. The molecule has 0 saturated carbocycles. The fourth-order valence-corrected chi connectivity index (χ4v) is 1.43. The van der Waals surface area contributed by atoms with Gasteiger partial charge < -0.3 is 10.1 Å². The molecule has 0 aliphatic heterocycles. The number of aliphatic hydroxyl groups is 1. The summed E-state index contributed by atoms with van der Waals surface area (Å²) in [5, 5.41) is 9.91. The number of hydrogen-bond donors (Lipinski definition) is 2. The molecule has 1 aromatic carbocycles. The van der Waals surface area contributed by atoms with E-state index in [9.17, 15) is 5.11 Å². The molecule has 0 radical (unpaired) electrons. The summed E-state index contributed by atoms with van der Waals surface area (Å²) >= 11 is 0. The Balaban J connectivity index is 2.32. The third-order valence-corrected chi connectivity index (χ3v) is 2.14. The Morgan fingerprint density at radius 2 is 2.29 bits per heavy atom. The maximum Gasteiger partial charge on any atom is 0.139 e. The molecule has 0 aliphatic rings. The minimum absolute atomic E-state index is 0.579. The number of aromatic nitrogens is 2. The molecule has 3 heteroatoms. The Kier molecular flexibility index (Phi) is 2.33. The zero-order valence-corrected chi connectivity index (χ0v) is 7.94. The molecule has 72 valence electrons. The smallest absolute Gasteiger partial charge is 0.139 e. The number of rotatable bonds is 2. The number of nitrogens with zero attached hydrogens (tertiary/aromatic N) is 1. The molecule has 14 heavy (non-hydrogen) atoms. The molecule has 1 unspecified atom stereocenters. The summed E-state index contributed by atoms with van der Waals surface area (Å²) in [6, 6.07) is 7.77. The lowest BCUT2D eigenvalue weighted by Gasteiger charge is -2.08. The molecule has 0 saturated heterocycles. The highest BCUT2D eigenvalue weighted by atomic mass is 16.3. The highest BCUT2D eigenvalue weighted by molar-refractivity contribution is 5.27. The molecule has 0 fully saturated rings. The van der Waals surface area contributed by atoms with Crippen LogP contribution in [0.25, 0.3) is 0 Å². The molecule has 0 spiro atoms. The van der Waals surface area contributed by atoms with E-state index in [1.807, 2.05) is 31.2 Å². The van der Waals surface area contributed by atoms with E-state index in [1.165, 1.54) is 0 Å². The Bertz CT molecular complexity index is 409. The van der Waals surface area contributed by atoms with E-state index in [4.69, 9.17) is 0 Å². The van der Waals surface area contributed by atoms with E-state index < -0.39 is 6.10 Å². The van der Waals surface area contributed by atoms with Gasteiger partial charge in [-0.25, -0.2) is 4.98 Å². The van der Waals surface area contributed by atoms with Crippen LogP contribution in [0.2, 0.25) is 0 Å². The monoisotopic (exact) mass is 188 g/mol. The van der Waals surface area contributed by atoms with Gasteiger partial charge in [0.05, 0.1) is 0 Å². The van der Waals surface area contributed by atoms with Crippen molar-refractivity contribution >= 4 is 0 Å². The second kappa shape index (κ2) is 3.64. The molecule has 1 heterocycles. The first-order valence-corrected chi connectivity index (χ1v) is 4.51. The second-order valence-electron chi connectivity index (χ2n) is 3.29.